The summed E-state index contributed by atoms with van der Waals surface area (Å²) in [4.78, 5) is 25.6. The minimum atomic E-state index is 0. The normalized spacial score (nSPS) is 13.9. The smallest absolute Gasteiger partial charge is 0.223 e. The van der Waals surface area contributed by atoms with Crippen molar-refractivity contribution in [2.45, 2.75) is 51.7 Å². The van der Waals surface area contributed by atoms with Crippen molar-refractivity contribution in [1.82, 2.24) is 10.2 Å². The molecule has 23 heavy (non-hydrogen) atoms. The van der Waals surface area contributed by atoms with E-state index in [1.807, 2.05) is 24.0 Å². The monoisotopic (exact) mass is 339 g/mol. The number of nitrogens with one attached hydrogen (secondary N) is 1. The first kappa shape index (κ1) is 19.5. The number of nitrogens with zero attached hydrogens (tertiary/aromatic N) is 1. The number of nitrogens with two attached hydrogens (primary N) is 1. The molecule has 0 spiro atoms. The molecule has 0 fully saturated rings. The Balaban J connectivity index is 0.00000264. The molecule has 0 aromatic heterocycles. The lowest BCUT2D eigenvalue weighted by atomic mass is 10.1. The standard InChI is InChI=1S/C17H25N3O2.ClH/c1-13(18)8-9-16(21)19-10-4-7-17(22)20-11-14-5-2-3-6-15(14)12-20;/h2-3,5-6,13H,4,7-12,18H2,1H3,(H,19,21);1H. The zero-order valence-electron chi connectivity index (χ0n) is 13.6. The highest BCUT2D eigenvalue weighted by atomic mass is 35.5. The van der Waals surface area contributed by atoms with E-state index in [4.69, 9.17) is 5.73 Å². The van der Waals surface area contributed by atoms with E-state index < -0.39 is 0 Å². The van der Waals surface area contributed by atoms with Gasteiger partial charge in [0.2, 0.25) is 11.8 Å². The van der Waals surface area contributed by atoms with Gasteiger partial charge in [-0.3, -0.25) is 9.59 Å². The second-order valence-electron chi connectivity index (χ2n) is 5.99. The van der Waals surface area contributed by atoms with Gasteiger partial charge in [0.25, 0.3) is 0 Å². The molecule has 3 N–H and O–H groups in total. The van der Waals surface area contributed by atoms with Crippen LogP contribution in [0.3, 0.4) is 0 Å². The lowest BCUT2D eigenvalue weighted by Crippen LogP contribution is -2.29. The minimum absolute atomic E-state index is 0. The fourth-order valence-corrected chi connectivity index (χ4v) is 2.58. The Morgan fingerprint density at radius 2 is 1.83 bits per heavy atom. The molecule has 0 saturated carbocycles. The predicted molar refractivity (Wildman–Crippen MR) is 93.1 cm³/mol. The molecule has 0 saturated heterocycles. The van der Waals surface area contributed by atoms with Crippen molar-refractivity contribution in [2.24, 2.45) is 5.73 Å². The third kappa shape index (κ3) is 6.20. The summed E-state index contributed by atoms with van der Waals surface area (Å²) in [5.41, 5.74) is 8.08. The number of rotatable bonds is 7. The van der Waals surface area contributed by atoms with Crippen molar-refractivity contribution < 1.29 is 9.59 Å². The Bertz CT molecular complexity index is 509. The third-order valence-electron chi connectivity index (χ3n) is 3.91. The van der Waals surface area contributed by atoms with Crippen LogP contribution in [0.25, 0.3) is 0 Å². The van der Waals surface area contributed by atoms with E-state index in [1.165, 1.54) is 11.1 Å². The topological polar surface area (TPSA) is 75.4 Å². The quantitative estimate of drug-likeness (QED) is 0.746. The second-order valence-corrected chi connectivity index (χ2v) is 5.99. The summed E-state index contributed by atoms with van der Waals surface area (Å²) in [5, 5.41) is 2.84. The molecule has 6 heteroatoms. The van der Waals surface area contributed by atoms with Gasteiger partial charge in [0.05, 0.1) is 0 Å². The molecule has 0 bridgehead atoms. The Labute approximate surface area is 144 Å². The first-order valence-corrected chi connectivity index (χ1v) is 7.93. The summed E-state index contributed by atoms with van der Waals surface area (Å²) >= 11 is 0. The predicted octanol–water partition coefficient (Wildman–Crippen LogP) is 1.97. The maximum Gasteiger partial charge on any atom is 0.223 e. The molecule has 1 aliphatic rings. The Morgan fingerprint density at radius 1 is 1.22 bits per heavy atom. The van der Waals surface area contributed by atoms with Gasteiger partial charge in [-0.25, -0.2) is 0 Å². The van der Waals surface area contributed by atoms with E-state index in [9.17, 15) is 9.59 Å². The third-order valence-corrected chi connectivity index (χ3v) is 3.91. The Kier molecular flexibility index (Phi) is 8.06. The van der Waals surface area contributed by atoms with E-state index in [0.717, 1.165) is 0 Å². The summed E-state index contributed by atoms with van der Waals surface area (Å²) in [6, 6.07) is 8.20. The van der Waals surface area contributed by atoms with Crippen LogP contribution in [-0.4, -0.2) is 29.3 Å². The lowest BCUT2D eigenvalue weighted by Gasteiger charge is -2.15. The van der Waals surface area contributed by atoms with E-state index in [0.29, 0.717) is 45.3 Å². The van der Waals surface area contributed by atoms with Crippen molar-refractivity contribution in [3.8, 4) is 0 Å². The van der Waals surface area contributed by atoms with Gasteiger partial charge in [0, 0.05) is 38.5 Å². The fourth-order valence-electron chi connectivity index (χ4n) is 2.58. The number of hydrogen-bond donors (Lipinski definition) is 2. The van der Waals surface area contributed by atoms with E-state index in [1.54, 1.807) is 0 Å². The largest absolute Gasteiger partial charge is 0.356 e. The first-order valence-electron chi connectivity index (χ1n) is 7.93. The first-order chi connectivity index (χ1) is 10.6. The fraction of sp³-hybridized carbons (Fsp3) is 0.529. The van der Waals surface area contributed by atoms with Crippen molar-refractivity contribution >= 4 is 24.2 Å². The van der Waals surface area contributed by atoms with Crippen molar-refractivity contribution in [3.05, 3.63) is 35.4 Å². The van der Waals surface area contributed by atoms with Crippen LogP contribution in [0.2, 0.25) is 0 Å². The highest BCUT2D eigenvalue weighted by Gasteiger charge is 2.22. The summed E-state index contributed by atoms with van der Waals surface area (Å²) in [6.45, 7) is 3.84. The molecule has 1 aromatic rings. The maximum absolute atomic E-state index is 12.2. The molecule has 1 aromatic carbocycles. The van der Waals surface area contributed by atoms with Gasteiger partial charge in [-0.2, -0.15) is 0 Å². The van der Waals surface area contributed by atoms with Crippen molar-refractivity contribution in [1.29, 1.82) is 0 Å². The zero-order valence-corrected chi connectivity index (χ0v) is 14.4. The molecule has 0 aliphatic carbocycles. The van der Waals surface area contributed by atoms with Crippen LogP contribution < -0.4 is 11.1 Å². The van der Waals surface area contributed by atoms with Crippen LogP contribution in [0.1, 0.15) is 43.7 Å². The van der Waals surface area contributed by atoms with E-state index >= 15 is 0 Å². The number of amides is 2. The van der Waals surface area contributed by atoms with Gasteiger partial charge in [0.15, 0.2) is 0 Å². The zero-order chi connectivity index (χ0) is 15.9. The van der Waals surface area contributed by atoms with Gasteiger partial charge < -0.3 is 16.0 Å². The Hall–Kier alpha value is -1.59. The number of carbonyl (C=O) groups excluding carboxylic acids is 2. The van der Waals surface area contributed by atoms with Gasteiger partial charge >= 0.3 is 0 Å². The van der Waals surface area contributed by atoms with Crippen LogP contribution >= 0.6 is 12.4 Å². The number of halogens is 1. The van der Waals surface area contributed by atoms with Gasteiger partial charge in [0.1, 0.15) is 0 Å². The lowest BCUT2D eigenvalue weighted by molar-refractivity contribution is -0.132. The van der Waals surface area contributed by atoms with Crippen LogP contribution in [-0.2, 0) is 22.7 Å². The summed E-state index contributed by atoms with van der Waals surface area (Å²) in [6.07, 6.45) is 2.29. The van der Waals surface area contributed by atoms with Crippen molar-refractivity contribution in [3.63, 3.8) is 0 Å². The van der Waals surface area contributed by atoms with Gasteiger partial charge in [-0.15, -0.1) is 12.4 Å². The van der Waals surface area contributed by atoms with Gasteiger partial charge in [-0.1, -0.05) is 24.3 Å². The molecule has 1 aliphatic heterocycles. The number of benzene rings is 1. The molecule has 128 valence electrons. The molecular formula is C17H26ClN3O2. The summed E-state index contributed by atoms with van der Waals surface area (Å²) < 4.78 is 0. The molecule has 1 atom stereocenters. The SMILES string of the molecule is CC(N)CCC(=O)NCCCC(=O)N1Cc2ccccc2C1.Cl. The molecule has 2 rings (SSSR count). The molecule has 0 radical (unpaired) electrons. The average molecular weight is 340 g/mol. The molecule has 1 unspecified atom stereocenters. The summed E-state index contributed by atoms with van der Waals surface area (Å²) in [7, 11) is 0. The molecule has 2 amide bonds. The average Bonchev–Trinajstić information content (AvgIpc) is 2.93. The number of hydrogen-bond acceptors (Lipinski definition) is 3. The second kappa shape index (κ2) is 9.53. The number of fused-ring (bicyclic) bond motifs is 1. The van der Waals surface area contributed by atoms with Crippen LogP contribution in [0.5, 0.6) is 0 Å². The maximum atomic E-state index is 12.2. The van der Waals surface area contributed by atoms with Crippen molar-refractivity contribution in [2.75, 3.05) is 6.54 Å². The van der Waals surface area contributed by atoms with Crippen LogP contribution in [0.4, 0.5) is 0 Å². The highest BCUT2D eigenvalue weighted by Crippen LogP contribution is 2.22. The number of carbonyl (C=O) groups is 2. The van der Waals surface area contributed by atoms with Crippen LogP contribution in [0, 0.1) is 0 Å². The van der Waals surface area contributed by atoms with E-state index in [-0.39, 0.29) is 30.3 Å². The minimum Gasteiger partial charge on any atom is -0.356 e. The summed E-state index contributed by atoms with van der Waals surface area (Å²) in [5.74, 6) is 0.166. The van der Waals surface area contributed by atoms with E-state index in [2.05, 4.69) is 17.4 Å². The highest BCUT2D eigenvalue weighted by molar-refractivity contribution is 5.85. The van der Waals surface area contributed by atoms with Crippen LogP contribution in [0.15, 0.2) is 24.3 Å². The van der Waals surface area contributed by atoms with Gasteiger partial charge in [-0.05, 0) is 30.9 Å². The Morgan fingerprint density at radius 3 is 2.39 bits per heavy atom. The molecular weight excluding hydrogens is 314 g/mol. The molecule has 1 heterocycles. The molecule has 5 nitrogen and oxygen atoms in total.